The van der Waals surface area contributed by atoms with Crippen molar-refractivity contribution >= 4 is 0 Å². The Morgan fingerprint density at radius 3 is 1.47 bits per heavy atom. The van der Waals surface area contributed by atoms with Crippen molar-refractivity contribution < 1.29 is 0 Å². The van der Waals surface area contributed by atoms with Crippen molar-refractivity contribution in [2.24, 2.45) is 0 Å². The normalized spacial score (nSPS) is 11.5. The number of hydrogen-bond acceptors (Lipinski definition) is 2. The van der Waals surface area contributed by atoms with Crippen molar-refractivity contribution in [3.63, 3.8) is 0 Å². The number of pyridine rings is 2. The van der Waals surface area contributed by atoms with Crippen LogP contribution in [0.4, 0.5) is 0 Å². The van der Waals surface area contributed by atoms with E-state index in [4.69, 9.17) is 0 Å². The van der Waals surface area contributed by atoms with Gasteiger partial charge in [-0.15, -0.1) is 0 Å². The van der Waals surface area contributed by atoms with E-state index in [1.54, 1.807) is 0 Å². The molecule has 0 amide bonds. The number of aryl methyl sites for hydroxylation is 2. The van der Waals surface area contributed by atoms with E-state index in [2.05, 4.69) is 48.1 Å². The first-order valence-corrected chi connectivity index (χ1v) is 5.86. The SMILES string of the molecule is Cc1ccc(C(C)(C)c2ccc(C)cn2)nc1. The highest BCUT2D eigenvalue weighted by atomic mass is 14.8. The molecule has 0 aromatic carbocycles. The average Bonchev–Trinajstić information content (AvgIpc) is 2.30. The molecule has 2 aromatic rings. The molecule has 2 aromatic heterocycles. The van der Waals surface area contributed by atoms with Gasteiger partial charge in [0, 0.05) is 17.8 Å². The molecule has 0 fully saturated rings. The second kappa shape index (κ2) is 4.28. The summed E-state index contributed by atoms with van der Waals surface area (Å²) >= 11 is 0. The lowest BCUT2D eigenvalue weighted by molar-refractivity contribution is 0.594. The van der Waals surface area contributed by atoms with Crippen molar-refractivity contribution in [3.8, 4) is 0 Å². The van der Waals surface area contributed by atoms with E-state index in [-0.39, 0.29) is 5.41 Å². The Morgan fingerprint density at radius 1 is 0.765 bits per heavy atom. The van der Waals surface area contributed by atoms with E-state index in [9.17, 15) is 0 Å². The predicted octanol–water partition coefficient (Wildman–Crippen LogP) is 3.42. The number of aromatic nitrogens is 2. The Labute approximate surface area is 103 Å². The van der Waals surface area contributed by atoms with Crippen LogP contribution in [0.5, 0.6) is 0 Å². The average molecular weight is 226 g/mol. The van der Waals surface area contributed by atoms with Gasteiger partial charge in [-0.2, -0.15) is 0 Å². The monoisotopic (exact) mass is 226 g/mol. The van der Waals surface area contributed by atoms with Crippen molar-refractivity contribution in [2.75, 3.05) is 0 Å². The van der Waals surface area contributed by atoms with Crippen LogP contribution in [0.3, 0.4) is 0 Å². The quantitative estimate of drug-likeness (QED) is 0.784. The molecule has 2 heterocycles. The van der Waals surface area contributed by atoms with Gasteiger partial charge in [0.2, 0.25) is 0 Å². The van der Waals surface area contributed by atoms with Crippen LogP contribution in [0.2, 0.25) is 0 Å². The first-order chi connectivity index (χ1) is 8.00. The van der Waals surface area contributed by atoms with E-state index < -0.39 is 0 Å². The minimum atomic E-state index is -0.151. The van der Waals surface area contributed by atoms with Crippen LogP contribution in [-0.2, 0) is 5.41 Å². The third-order valence-corrected chi connectivity index (χ3v) is 3.10. The lowest BCUT2D eigenvalue weighted by atomic mass is 9.84. The molecule has 88 valence electrons. The number of hydrogen-bond donors (Lipinski definition) is 0. The molecule has 2 heteroatoms. The minimum absolute atomic E-state index is 0.151. The maximum absolute atomic E-state index is 4.51. The summed E-state index contributed by atoms with van der Waals surface area (Å²) in [6.45, 7) is 8.41. The van der Waals surface area contributed by atoms with Crippen LogP contribution in [0, 0.1) is 13.8 Å². The lowest BCUT2D eigenvalue weighted by Crippen LogP contribution is -2.22. The molecular formula is C15H18N2. The summed E-state index contributed by atoms with van der Waals surface area (Å²) < 4.78 is 0. The topological polar surface area (TPSA) is 25.8 Å². The fraction of sp³-hybridized carbons (Fsp3) is 0.333. The van der Waals surface area contributed by atoms with Crippen molar-refractivity contribution in [3.05, 3.63) is 59.2 Å². The summed E-state index contributed by atoms with van der Waals surface area (Å²) in [5, 5.41) is 0. The first kappa shape index (κ1) is 11.8. The number of rotatable bonds is 2. The van der Waals surface area contributed by atoms with Crippen LogP contribution in [-0.4, -0.2) is 9.97 Å². The largest absolute Gasteiger partial charge is 0.260 e. The van der Waals surface area contributed by atoms with E-state index in [1.807, 2.05) is 26.2 Å². The molecule has 2 rings (SSSR count). The highest BCUT2D eigenvalue weighted by molar-refractivity contribution is 5.30. The third-order valence-electron chi connectivity index (χ3n) is 3.10. The zero-order chi connectivity index (χ0) is 12.5. The third kappa shape index (κ3) is 2.36. The Balaban J connectivity index is 2.41. The lowest BCUT2D eigenvalue weighted by Gasteiger charge is -2.23. The summed E-state index contributed by atoms with van der Waals surface area (Å²) in [5.41, 5.74) is 4.32. The van der Waals surface area contributed by atoms with Gasteiger partial charge < -0.3 is 0 Å². The maximum atomic E-state index is 4.51. The van der Waals surface area contributed by atoms with Gasteiger partial charge in [-0.25, -0.2) is 0 Å². The van der Waals surface area contributed by atoms with Gasteiger partial charge in [0.25, 0.3) is 0 Å². The molecular weight excluding hydrogens is 208 g/mol. The van der Waals surface area contributed by atoms with Crippen molar-refractivity contribution in [1.82, 2.24) is 9.97 Å². The fourth-order valence-corrected chi connectivity index (χ4v) is 1.81. The van der Waals surface area contributed by atoms with E-state index >= 15 is 0 Å². The number of nitrogens with zero attached hydrogens (tertiary/aromatic N) is 2. The molecule has 0 bridgehead atoms. The van der Waals surface area contributed by atoms with Crippen molar-refractivity contribution in [2.45, 2.75) is 33.1 Å². The Kier molecular flexibility index (Phi) is 2.97. The van der Waals surface area contributed by atoms with Gasteiger partial charge in [0.05, 0.1) is 11.4 Å². The van der Waals surface area contributed by atoms with E-state index in [0.29, 0.717) is 0 Å². The Hall–Kier alpha value is -1.70. The zero-order valence-electron chi connectivity index (χ0n) is 10.9. The highest BCUT2D eigenvalue weighted by Crippen LogP contribution is 2.28. The summed E-state index contributed by atoms with van der Waals surface area (Å²) in [6.07, 6.45) is 3.82. The van der Waals surface area contributed by atoms with Crippen LogP contribution < -0.4 is 0 Å². The standard InChI is InChI=1S/C15H18N2/c1-11-5-7-13(16-9-11)15(3,4)14-8-6-12(2)10-17-14/h5-10H,1-4H3. The molecule has 0 saturated heterocycles. The van der Waals surface area contributed by atoms with E-state index in [0.717, 1.165) is 11.4 Å². The molecule has 0 aliphatic heterocycles. The minimum Gasteiger partial charge on any atom is -0.260 e. The fourth-order valence-electron chi connectivity index (χ4n) is 1.81. The molecule has 0 saturated carbocycles. The molecule has 17 heavy (non-hydrogen) atoms. The Bertz CT molecular complexity index is 448. The van der Waals surface area contributed by atoms with Crippen molar-refractivity contribution in [1.29, 1.82) is 0 Å². The summed E-state index contributed by atoms with van der Waals surface area (Å²) in [7, 11) is 0. The van der Waals surface area contributed by atoms with Crippen LogP contribution >= 0.6 is 0 Å². The molecule has 2 nitrogen and oxygen atoms in total. The van der Waals surface area contributed by atoms with Crippen LogP contribution in [0.25, 0.3) is 0 Å². The van der Waals surface area contributed by atoms with Crippen LogP contribution in [0.15, 0.2) is 36.7 Å². The molecule has 0 N–H and O–H groups in total. The zero-order valence-corrected chi connectivity index (χ0v) is 10.9. The maximum Gasteiger partial charge on any atom is 0.0519 e. The molecule has 0 aliphatic carbocycles. The van der Waals surface area contributed by atoms with Gasteiger partial charge in [0.15, 0.2) is 0 Å². The van der Waals surface area contributed by atoms with Gasteiger partial charge in [0.1, 0.15) is 0 Å². The second-order valence-corrected chi connectivity index (χ2v) is 5.07. The molecule has 0 radical (unpaired) electrons. The molecule has 0 atom stereocenters. The van der Waals surface area contributed by atoms with E-state index in [1.165, 1.54) is 11.1 Å². The Morgan fingerprint density at radius 2 is 1.18 bits per heavy atom. The molecule has 0 unspecified atom stereocenters. The smallest absolute Gasteiger partial charge is 0.0519 e. The summed E-state index contributed by atoms with van der Waals surface area (Å²) in [5.74, 6) is 0. The first-order valence-electron chi connectivity index (χ1n) is 5.86. The van der Waals surface area contributed by atoms with Gasteiger partial charge >= 0.3 is 0 Å². The van der Waals surface area contributed by atoms with Gasteiger partial charge in [-0.05, 0) is 51.0 Å². The van der Waals surface area contributed by atoms with Gasteiger partial charge in [-0.1, -0.05) is 12.1 Å². The highest BCUT2D eigenvalue weighted by Gasteiger charge is 2.25. The van der Waals surface area contributed by atoms with Gasteiger partial charge in [-0.3, -0.25) is 9.97 Å². The molecule has 0 spiro atoms. The second-order valence-electron chi connectivity index (χ2n) is 5.07. The summed E-state index contributed by atoms with van der Waals surface area (Å²) in [6, 6.07) is 8.35. The van der Waals surface area contributed by atoms with Crippen LogP contribution in [0.1, 0.15) is 36.4 Å². The predicted molar refractivity (Wildman–Crippen MR) is 70.1 cm³/mol. The molecule has 0 aliphatic rings. The summed E-state index contributed by atoms with van der Waals surface area (Å²) in [4.78, 5) is 9.02.